The maximum atomic E-state index is 12.3. The third kappa shape index (κ3) is 4.56. The first-order valence-electron chi connectivity index (χ1n) is 7.78. The molecule has 0 radical (unpaired) electrons. The highest BCUT2D eigenvalue weighted by Crippen LogP contribution is 2.20. The lowest BCUT2D eigenvalue weighted by atomic mass is 10.4. The van der Waals surface area contributed by atoms with Crippen molar-refractivity contribution in [1.82, 2.24) is 24.6 Å². The van der Waals surface area contributed by atoms with Crippen LogP contribution in [0, 0.1) is 12.3 Å². The van der Waals surface area contributed by atoms with E-state index in [0.717, 1.165) is 32.1 Å². The Morgan fingerprint density at radius 1 is 1.41 bits per heavy atom. The standard InChI is InChI=1S/C13H16N6O.C2HF3O2/c1-3-6-19-11-10(9-15-17(2)12(11)20)16-13(19)18-7-4-14-5-8-18;3-2(4,5)1(6)7/h1,9,14H,4-8H2,2H3;(H,6,7). The maximum absolute atomic E-state index is 12.3. The predicted octanol–water partition coefficient (Wildman–Crippen LogP) is -0.194. The van der Waals surface area contributed by atoms with E-state index in [0.29, 0.717) is 17.6 Å². The summed E-state index contributed by atoms with van der Waals surface area (Å²) in [7, 11) is 1.62. The van der Waals surface area contributed by atoms with Gasteiger partial charge in [-0.25, -0.2) is 14.5 Å². The van der Waals surface area contributed by atoms with Gasteiger partial charge in [0.05, 0.1) is 12.7 Å². The molecule has 0 aliphatic carbocycles. The number of anilines is 1. The van der Waals surface area contributed by atoms with Crippen molar-refractivity contribution in [2.45, 2.75) is 12.7 Å². The highest BCUT2D eigenvalue weighted by atomic mass is 19.4. The number of nitrogens with one attached hydrogen (secondary N) is 1. The Hall–Kier alpha value is -3.07. The fraction of sp³-hybridized carbons (Fsp3) is 0.467. The number of aromatic nitrogens is 4. The molecule has 1 saturated heterocycles. The normalized spacial score (nSPS) is 14.4. The molecule has 1 fully saturated rings. The maximum Gasteiger partial charge on any atom is 0.490 e. The zero-order valence-corrected chi connectivity index (χ0v) is 14.3. The minimum Gasteiger partial charge on any atom is -0.475 e. The minimum absolute atomic E-state index is 0.174. The van der Waals surface area contributed by atoms with E-state index < -0.39 is 12.1 Å². The van der Waals surface area contributed by atoms with Crippen LogP contribution in [-0.4, -0.2) is 62.8 Å². The molecule has 0 spiro atoms. The number of fused-ring (bicyclic) bond motifs is 1. The number of carboxylic acid groups (broad SMARTS) is 1. The summed E-state index contributed by atoms with van der Waals surface area (Å²) in [5.41, 5.74) is 0.942. The summed E-state index contributed by atoms with van der Waals surface area (Å²) in [6, 6.07) is 0. The van der Waals surface area contributed by atoms with Crippen molar-refractivity contribution in [3.63, 3.8) is 0 Å². The molecule has 3 heterocycles. The van der Waals surface area contributed by atoms with Gasteiger partial charge in [0.2, 0.25) is 5.95 Å². The molecule has 146 valence electrons. The fourth-order valence-corrected chi connectivity index (χ4v) is 2.47. The summed E-state index contributed by atoms with van der Waals surface area (Å²) in [5.74, 6) is 0.598. The molecule has 2 N–H and O–H groups in total. The molecule has 0 unspecified atom stereocenters. The number of piperazine rings is 1. The summed E-state index contributed by atoms with van der Waals surface area (Å²) in [4.78, 5) is 27.8. The summed E-state index contributed by atoms with van der Waals surface area (Å²) in [5, 5.41) is 14.4. The number of aryl methyl sites for hydroxylation is 1. The Labute approximate surface area is 151 Å². The number of nitrogens with zero attached hydrogens (tertiary/aromatic N) is 5. The second-order valence-corrected chi connectivity index (χ2v) is 5.55. The summed E-state index contributed by atoms with van der Waals surface area (Å²) >= 11 is 0. The lowest BCUT2D eigenvalue weighted by molar-refractivity contribution is -0.192. The number of hydrogen-bond acceptors (Lipinski definition) is 6. The molecule has 2 aromatic rings. The Kier molecular flexibility index (Phi) is 6.06. The van der Waals surface area contributed by atoms with E-state index in [1.807, 2.05) is 4.57 Å². The van der Waals surface area contributed by atoms with Crippen LogP contribution in [0.2, 0.25) is 0 Å². The molecule has 1 aliphatic heterocycles. The van der Waals surface area contributed by atoms with Crippen LogP contribution in [0.15, 0.2) is 11.0 Å². The van der Waals surface area contributed by atoms with Crippen molar-refractivity contribution in [1.29, 1.82) is 0 Å². The van der Waals surface area contributed by atoms with Crippen molar-refractivity contribution >= 4 is 23.0 Å². The van der Waals surface area contributed by atoms with Crippen molar-refractivity contribution in [3.8, 4) is 12.3 Å². The smallest absolute Gasteiger partial charge is 0.475 e. The molecule has 9 nitrogen and oxygen atoms in total. The number of carbonyl (C=O) groups is 1. The number of terminal acetylenes is 1. The van der Waals surface area contributed by atoms with Crippen LogP contribution in [0.3, 0.4) is 0 Å². The summed E-state index contributed by atoms with van der Waals surface area (Å²) < 4.78 is 34.9. The number of aliphatic carboxylic acids is 1. The number of hydrogen-bond donors (Lipinski definition) is 2. The van der Waals surface area contributed by atoms with E-state index >= 15 is 0 Å². The molecule has 0 bridgehead atoms. The highest BCUT2D eigenvalue weighted by molar-refractivity contribution is 5.77. The van der Waals surface area contributed by atoms with Crippen molar-refractivity contribution in [3.05, 3.63) is 16.6 Å². The van der Waals surface area contributed by atoms with Gasteiger partial charge in [-0.05, 0) is 0 Å². The molecule has 27 heavy (non-hydrogen) atoms. The number of halogens is 3. The monoisotopic (exact) mass is 386 g/mol. The topological polar surface area (TPSA) is 105 Å². The third-order valence-electron chi connectivity index (χ3n) is 3.72. The van der Waals surface area contributed by atoms with Crippen LogP contribution in [0.1, 0.15) is 0 Å². The molecule has 0 amide bonds. The van der Waals surface area contributed by atoms with Gasteiger partial charge in [0.1, 0.15) is 11.0 Å². The quantitative estimate of drug-likeness (QED) is 0.689. The molecule has 3 rings (SSSR count). The van der Waals surface area contributed by atoms with Crippen molar-refractivity contribution in [2.24, 2.45) is 7.05 Å². The lowest BCUT2D eigenvalue weighted by Crippen LogP contribution is -2.44. The number of imidazole rings is 1. The Bertz CT molecular complexity index is 922. The highest BCUT2D eigenvalue weighted by Gasteiger charge is 2.38. The van der Waals surface area contributed by atoms with E-state index in [1.54, 1.807) is 13.2 Å². The number of alkyl halides is 3. The first-order valence-corrected chi connectivity index (χ1v) is 7.78. The Balaban J connectivity index is 0.000000321. The first-order chi connectivity index (χ1) is 12.7. The van der Waals surface area contributed by atoms with Crippen molar-refractivity contribution in [2.75, 3.05) is 31.1 Å². The molecule has 12 heteroatoms. The summed E-state index contributed by atoms with van der Waals surface area (Å²) in [6.07, 6.45) is 1.97. The lowest BCUT2D eigenvalue weighted by Gasteiger charge is -2.28. The van der Waals surface area contributed by atoms with Gasteiger partial charge in [-0.2, -0.15) is 18.3 Å². The van der Waals surface area contributed by atoms with E-state index in [1.165, 1.54) is 4.68 Å². The fourth-order valence-electron chi connectivity index (χ4n) is 2.47. The zero-order chi connectivity index (χ0) is 20.2. The van der Waals surface area contributed by atoms with Crippen LogP contribution >= 0.6 is 0 Å². The molecule has 1 aliphatic rings. The average molecular weight is 386 g/mol. The van der Waals surface area contributed by atoms with E-state index in [4.69, 9.17) is 16.3 Å². The van der Waals surface area contributed by atoms with Gasteiger partial charge in [-0.15, -0.1) is 6.42 Å². The first kappa shape index (κ1) is 20.2. The van der Waals surface area contributed by atoms with Gasteiger partial charge >= 0.3 is 12.1 Å². The largest absolute Gasteiger partial charge is 0.490 e. The van der Waals surface area contributed by atoms with Gasteiger partial charge in [0.15, 0.2) is 0 Å². The zero-order valence-electron chi connectivity index (χ0n) is 14.3. The molecule has 0 aromatic carbocycles. The molecule has 0 atom stereocenters. The third-order valence-corrected chi connectivity index (χ3v) is 3.72. The molecule has 0 saturated carbocycles. The van der Waals surface area contributed by atoms with Crippen LogP contribution in [0.5, 0.6) is 0 Å². The van der Waals surface area contributed by atoms with E-state index in [-0.39, 0.29) is 5.56 Å². The van der Waals surface area contributed by atoms with Gasteiger partial charge in [-0.3, -0.25) is 9.36 Å². The van der Waals surface area contributed by atoms with Gasteiger partial charge in [0, 0.05) is 33.2 Å². The van der Waals surface area contributed by atoms with Gasteiger partial charge < -0.3 is 15.3 Å². The van der Waals surface area contributed by atoms with Crippen LogP contribution in [0.4, 0.5) is 19.1 Å². The molecular weight excluding hydrogens is 369 g/mol. The van der Waals surface area contributed by atoms with Crippen LogP contribution in [0.25, 0.3) is 11.0 Å². The molecule has 2 aromatic heterocycles. The van der Waals surface area contributed by atoms with Crippen LogP contribution < -0.4 is 15.8 Å². The number of carboxylic acids is 1. The van der Waals surface area contributed by atoms with Crippen molar-refractivity contribution < 1.29 is 23.1 Å². The Morgan fingerprint density at radius 3 is 2.52 bits per heavy atom. The van der Waals surface area contributed by atoms with Gasteiger partial charge in [-0.1, -0.05) is 5.92 Å². The second-order valence-electron chi connectivity index (χ2n) is 5.55. The van der Waals surface area contributed by atoms with Gasteiger partial charge in [0.25, 0.3) is 5.56 Å². The van der Waals surface area contributed by atoms with E-state index in [9.17, 15) is 18.0 Å². The Morgan fingerprint density at radius 2 is 2.00 bits per heavy atom. The van der Waals surface area contributed by atoms with E-state index in [2.05, 4.69) is 26.2 Å². The molecular formula is C15H17F3N6O3. The minimum atomic E-state index is -5.08. The SMILES string of the molecule is C#CCn1c(N2CCNCC2)nc2cnn(C)c(=O)c21.O=C(O)C(F)(F)F. The average Bonchev–Trinajstić information content (AvgIpc) is 2.98. The van der Waals surface area contributed by atoms with Crippen LogP contribution in [-0.2, 0) is 18.4 Å². The second kappa shape index (κ2) is 8.09. The predicted molar refractivity (Wildman–Crippen MR) is 90.4 cm³/mol. The number of rotatable bonds is 2. The summed E-state index contributed by atoms with van der Waals surface area (Å²) in [6.45, 7) is 3.82.